The fourth-order valence-electron chi connectivity index (χ4n) is 1.90. The summed E-state index contributed by atoms with van der Waals surface area (Å²) in [5, 5.41) is 6.42. The van der Waals surface area contributed by atoms with Gasteiger partial charge in [0.2, 0.25) is 0 Å². The van der Waals surface area contributed by atoms with Crippen LogP contribution in [0.25, 0.3) is 11.1 Å². The summed E-state index contributed by atoms with van der Waals surface area (Å²) in [7, 11) is 3.65. The smallest absolute Gasteiger partial charge is 0.408 e. The predicted molar refractivity (Wildman–Crippen MR) is 72.0 cm³/mol. The monoisotopic (exact) mass is 249 g/mol. The zero-order valence-corrected chi connectivity index (χ0v) is 10.8. The number of benzene rings is 1. The van der Waals surface area contributed by atoms with E-state index in [0.29, 0.717) is 5.58 Å². The summed E-state index contributed by atoms with van der Waals surface area (Å²) in [5.41, 5.74) is 2.68. The van der Waals surface area contributed by atoms with E-state index in [1.54, 1.807) is 7.05 Å². The molecule has 18 heavy (non-hydrogen) atoms. The van der Waals surface area contributed by atoms with Crippen molar-refractivity contribution in [3.8, 4) is 0 Å². The van der Waals surface area contributed by atoms with Crippen LogP contribution < -0.4 is 16.4 Å². The Balaban J connectivity index is 2.00. The molecule has 1 aromatic carbocycles. The van der Waals surface area contributed by atoms with Crippen LogP contribution in [0.15, 0.2) is 27.4 Å². The Labute approximate surface area is 106 Å². The third kappa shape index (κ3) is 2.80. The van der Waals surface area contributed by atoms with Gasteiger partial charge in [0.15, 0.2) is 5.58 Å². The maximum Gasteiger partial charge on any atom is 0.419 e. The first-order valence-corrected chi connectivity index (χ1v) is 6.16. The highest BCUT2D eigenvalue weighted by molar-refractivity contribution is 5.73. The highest BCUT2D eigenvalue weighted by atomic mass is 16.4. The molecule has 0 aliphatic carbocycles. The summed E-state index contributed by atoms with van der Waals surface area (Å²) in [5.74, 6) is -0.311. The molecular formula is C13H19N3O2. The third-order valence-electron chi connectivity index (χ3n) is 3.00. The van der Waals surface area contributed by atoms with Crippen LogP contribution in [-0.2, 0) is 13.5 Å². The van der Waals surface area contributed by atoms with Crippen LogP contribution in [0.1, 0.15) is 5.56 Å². The number of nitrogens with zero attached hydrogens (tertiary/aromatic N) is 1. The van der Waals surface area contributed by atoms with E-state index in [1.807, 2.05) is 25.2 Å². The number of hydrogen-bond acceptors (Lipinski definition) is 4. The number of likely N-dealkylation sites (N-methyl/N-ethyl adjacent to an activating group) is 1. The number of nitrogens with one attached hydrogen (secondary N) is 2. The van der Waals surface area contributed by atoms with Crippen LogP contribution in [-0.4, -0.2) is 31.2 Å². The van der Waals surface area contributed by atoms with Gasteiger partial charge in [-0.05, 0) is 37.7 Å². The zero-order valence-electron chi connectivity index (χ0n) is 10.8. The molecule has 0 saturated carbocycles. The van der Waals surface area contributed by atoms with Gasteiger partial charge in [-0.25, -0.2) is 4.79 Å². The van der Waals surface area contributed by atoms with E-state index in [1.165, 1.54) is 10.1 Å². The van der Waals surface area contributed by atoms with Crippen LogP contribution >= 0.6 is 0 Å². The van der Waals surface area contributed by atoms with Crippen LogP contribution in [0.3, 0.4) is 0 Å². The van der Waals surface area contributed by atoms with E-state index in [-0.39, 0.29) is 5.76 Å². The number of rotatable bonds is 6. The molecule has 0 fully saturated rings. The first-order valence-electron chi connectivity index (χ1n) is 6.16. The van der Waals surface area contributed by atoms with Gasteiger partial charge in [-0.2, -0.15) is 0 Å². The van der Waals surface area contributed by atoms with Gasteiger partial charge in [0, 0.05) is 20.1 Å². The molecule has 2 N–H and O–H groups in total. The van der Waals surface area contributed by atoms with Gasteiger partial charge in [-0.1, -0.05) is 6.07 Å². The summed E-state index contributed by atoms with van der Waals surface area (Å²) in [6.45, 7) is 2.84. The topological polar surface area (TPSA) is 59.2 Å². The van der Waals surface area contributed by atoms with Crippen LogP contribution in [0.2, 0.25) is 0 Å². The van der Waals surface area contributed by atoms with Gasteiger partial charge in [0.1, 0.15) is 0 Å². The third-order valence-corrected chi connectivity index (χ3v) is 3.00. The molecule has 0 amide bonds. The highest BCUT2D eigenvalue weighted by Crippen LogP contribution is 2.14. The average molecular weight is 249 g/mol. The number of hydrogen-bond donors (Lipinski definition) is 2. The Morgan fingerprint density at radius 2 is 2.11 bits per heavy atom. The SMILES string of the molecule is CNCCNCCc1ccc2c(c1)oc(=O)n2C. The quantitative estimate of drug-likeness (QED) is 0.731. The molecule has 0 unspecified atom stereocenters. The molecule has 0 aliphatic rings. The highest BCUT2D eigenvalue weighted by Gasteiger charge is 2.05. The van der Waals surface area contributed by atoms with E-state index in [2.05, 4.69) is 10.6 Å². The van der Waals surface area contributed by atoms with Gasteiger partial charge < -0.3 is 15.1 Å². The van der Waals surface area contributed by atoms with Crippen molar-refractivity contribution < 1.29 is 4.42 Å². The molecule has 0 spiro atoms. The molecule has 0 bridgehead atoms. The fraction of sp³-hybridized carbons (Fsp3) is 0.462. The van der Waals surface area contributed by atoms with Crippen molar-refractivity contribution in [2.24, 2.45) is 7.05 Å². The van der Waals surface area contributed by atoms with Gasteiger partial charge >= 0.3 is 5.76 Å². The minimum absolute atomic E-state index is 0.311. The Hall–Kier alpha value is -1.59. The molecular weight excluding hydrogens is 230 g/mol. The molecule has 5 nitrogen and oxygen atoms in total. The maximum absolute atomic E-state index is 11.4. The molecule has 1 aromatic heterocycles. The number of aryl methyl sites for hydroxylation is 1. The maximum atomic E-state index is 11.4. The van der Waals surface area contributed by atoms with Crippen LogP contribution in [0, 0.1) is 0 Å². The number of fused-ring (bicyclic) bond motifs is 1. The van der Waals surface area contributed by atoms with Crippen LogP contribution in [0.5, 0.6) is 0 Å². The largest absolute Gasteiger partial charge is 0.419 e. The van der Waals surface area contributed by atoms with Gasteiger partial charge in [-0.3, -0.25) is 4.57 Å². The van der Waals surface area contributed by atoms with E-state index in [0.717, 1.165) is 31.6 Å². The zero-order chi connectivity index (χ0) is 13.0. The Kier molecular flexibility index (Phi) is 4.17. The minimum atomic E-state index is -0.311. The van der Waals surface area contributed by atoms with Gasteiger partial charge in [0.25, 0.3) is 0 Å². The molecule has 0 aliphatic heterocycles. The van der Waals surface area contributed by atoms with E-state index in [4.69, 9.17) is 4.42 Å². The van der Waals surface area contributed by atoms with Crippen molar-refractivity contribution in [3.05, 3.63) is 34.3 Å². The van der Waals surface area contributed by atoms with Crippen molar-refractivity contribution in [1.82, 2.24) is 15.2 Å². The average Bonchev–Trinajstić information content (AvgIpc) is 2.65. The fourth-order valence-corrected chi connectivity index (χ4v) is 1.90. The van der Waals surface area contributed by atoms with Gasteiger partial charge in [-0.15, -0.1) is 0 Å². The molecule has 0 atom stereocenters. The Morgan fingerprint density at radius 3 is 2.89 bits per heavy atom. The lowest BCUT2D eigenvalue weighted by atomic mass is 10.1. The lowest BCUT2D eigenvalue weighted by Gasteiger charge is -2.04. The summed E-state index contributed by atoms with van der Waals surface area (Å²) in [6.07, 6.45) is 0.929. The Morgan fingerprint density at radius 1 is 1.28 bits per heavy atom. The summed E-state index contributed by atoms with van der Waals surface area (Å²) >= 11 is 0. The van der Waals surface area contributed by atoms with Crippen molar-refractivity contribution >= 4 is 11.1 Å². The van der Waals surface area contributed by atoms with Crippen LogP contribution in [0.4, 0.5) is 0 Å². The van der Waals surface area contributed by atoms with Crippen molar-refractivity contribution in [2.45, 2.75) is 6.42 Å². The molecule has 2 aromatic rings. The molecule has 0 radical (unpaired) electrons. The second-order valence-electron chi connectivity index (χ2n) is 4.33. The number of oxazole rings is 1. The molecule has 5 heteroatoms. The standard InChI is InChI=1S/C13H19N3O2/c1-14-7-8-15-6-5-10-3-4-11-12(9-10)18-13(17)16(11)2/h3-4,9,14-15H,5-8H2,1-2H3. The molecule has 98 valence electrons. The lowest BCUT2D eigenvalue weighted by molar-refractivity contribution is 0.527. The predicted octanol–water partition coefficient (Wildman–Crippen LogP) is 0.483. The normalized spacial score (nSPS) is 11.2. The van der Waals surface area contributed by atoms with E-state index in [9.17, 15) is 4.79 Å². The number of aromatic nitrogens is 1. The first-order chi connectivity index (χ1) is 8.72. The van der Waals surface area contributed by atoms with E-state index >= 15 is 0 Å². The lowest BCUT2D eigenvalue weighted by Crippen LogP contribution is -2.26. The summed E-state index contributed by atoms with van der Waals surface area (Å²) < 4.78 is 6.68. The summed E-state index contributed by atoms with van der Waals surface area (Å²) in [6, 6.07) is 5.91. The van der Waals surface area contributed by atoms with Gasteiger partial charge in [0.05, 0.1) is 5.52 Å². The first kappa shape index (κ1) is 12.9. The van der Waals surface area contributed by atoms with Crippen molar-refractivity contribution in [2.75, 3.05) is 26.7 Å². The summed E-state index contributed by atoms with van der Waals surface area (Å²) in [4.78, 5) is 11.4. The second-order valence-corrected chi connectivity index (χ2v) is 4.33. The van der Waals surface area contributed by atoms with E-state index < -0.39 is 0 Å². The minimum Gasteiger partial charge on any atom is -0.408 e. The molecule has 0 saturated heterocycles. The van der Waals surface area contributed by atoms with Crippen molar-refractivity contribution in [3.63, 3.8) is 0 Å². The molecule has 2 rings (SSSR count). The van der Waals surface area contributed by atoms with Crippen molar-refractivity contribution in [1.29, 1.82) is 0 Å². The Bertz CT molecular complexity index is 571. The molecule has 1 heterocycles. The second kappa shape index (κ2) is 5.84.